The maximum atomic E-state index is 11.5. The van der Waals surface area contributed by atoms with Crippen molar-refractivity contribution >= 4 is 5.78 Å². The highest BCUT2D eigenvalue weighted by atomic mass is 16.1. The monoisotopic (exact) mass is 196 g/mol. The third-order valence-electron chi connectivity index (χ3n) is 3.69. The van der Waals surface area contributed by atoms with Crippen LogP contribution in [0.2, 0.25) is 0 Å². The van der Waals surface area contributed by atoms with Gasteiger partial charge in [0.25, 0.3) is 0 Å². The fraction of sp³-hybridized carbons (Fsp3) is 0.923. The summed E-state index contributed by atoms with van der Waals surface area (Å²) in [7, 11) is 0. The van der Waals surface area contributed by atoms with Gasteiger partial charge in [0.2, 0.25) is 0 Å². The molecule has 0 aromatic heterocycles. The summed E-state index contributed by atoms with van der Waals surface area (Å²) in [6.45, 7) is 11.4. The van der Waals surface area contributed by atoms with E-state index in [0.717, 1.165) is 25.2 Å². The van der Waals surface area contributed by atoms with Crippen LogP contribution in [-0.4, -0.2) is 5.78 Å². The lowest BCUT2D eigenvalue weighted by molar-refractivity contribution is -0.125. The lowest BCUT2D eigenvalue weighted by Gasteiger charge is -2.41. The van der Waals surface area contributed by atoms with Gasteiger partial charge in [0.1, 0.15) is 5.78 Å². The van der Waals surface area contributed by atoms with E-state index in [1.807, 2.05) is 0 Å². The van der Waals surface area contributed by atoms with Gasteiger partial charge in [-0.3, -0.25) is 4.79 Å². The third-order valence-corrected chi connectivity index (χ3v) is 3.69. The molecule has 1 fully saturated rings. The highest BCUT2D eigenvalue weighted by molar-refractivity contribution is 5.79. The first-order valence-electron chi connectivity index (χ1n) is 5.84. The molecule has 1 aliphatic rings. The molecule has 1 aliphatic carbocycles. The smallest absolute Gasteiger partial charge is 0.133 e. The minimum absolute atomic E-state index is 0.283. The van der Waals surface area contributed by atoms with Crippen LogP contribution in [0, 0.1) is 23.2 Å². The lowest BCUT2D eigenvalue weighted by atomic mass is 9.63. The molecule has 0 radical (unpaired) electrons. The fourth-order valence-electron chi connectivity index (χ4n) is 2.77. The lowest BCUT2D eigenvalue weighted by Crippen LogP contribution is -2.36. The van der Waals surface area contributed by atoms with E-state index in [0.29, 0.717) is 17.6 Å². The highest BCUT2D eigenvalue weighted by Gasteiger charge is 2.38. The van der Waals surface area contributed by atoms with Gasteiger partial charge >= 0.3 is 0 Å². The van der Waals surface area contributed by atoms with Crippen molar-refractivity contribution in [1.82, 2.24) is 0 Å². The van der Waals surface area contributed by atoms with Gasteiger partial charge in [-0.15, -0.1) is 0 Å². The van der Waals surface area contributed by atoms with Crippen molar-refractivity contribution < 1.29 is 4.79 Å². The van der Waals surface area contributed by atoms with E-state index in [1.165, 1.54) is 0 Å². The van der Waals surface area contributed by atoms with Crippen LogP contribution in [0.3, 0.4) is 0 Å². The molecule has 1 rings (SSSR count). The second kappa shape index (κ2) is 4.04. The molecule has 1 saturated carbocycles. The van der Waals surface area contributed by atoms with Gasteiger partial charge in [-0.1, -0.05) is 34.6 Å². The van der Waals surface area contributed by atoms with Crippen molar-refractivity contribution in [2.45, 2.75) is 53.9 Å². The summed E-state index contributed by atoms with van der Waals surface area (Å²) in [5.74, 6) is 2.52. The number of ketones is 1. The van der Waals surface area contributed by atoms with E-state index >= 15 is 0 Å². The van der Waals surface area contributed by atoms with Crippen molar-refractivity contribution in [2.75, 3.05) is 0 Å². The number of Topliss-reactive ketones (excluding diaryl/α,β-unsaturated/α-hetero) is 1. The Balaban J connectivity index is 2.79. The molecule has 82 valence electrons. The number of hydrogen-bond donors (Lipinski definition) is 0. The molecule has 0 aromatic rings. The van der Waals surface area contributed by atoms with Crippen molar-refractivity contribution in [3.8, 4) is 0 Å². The van der Waals surface area contributed by atoms with Gasteiger partial charge in [-0.2, -0.15) is 0 Å². The van der Waals surface area contributed by atoms with Crippen LogP contribution in [0.5, 0.6) is 0 Å². The molecule has 0 spiro atoms. The zero-order valence-electron chi connectivity index (χ0n) is 10.3. The molecule has 2 atom stereocenters. The van der Waals surface area contributed by atoms with E-state index in [-0.39, 0.29) is 5.41 Å². The molecular weight excluding hydrogens is 172 g/mol. The van der Waals surface area contributed by atoms with Crippen molar-refractivity contribution in [3.63, 3.8) is 0 Å². The zero-order chi connectivity index (χ0) is 10.9. The van der Waals surface area contributed by atoms with E-state index in [1.54, 1.807) is 0 Å². The Morgan fingerprint density at radius 2 is 1.86 bits per heavy atom. The first kappa shape index (κ1) is 11.7. The topological polar surface area (TPSA) is 17.1 Å². The first-order chi connectivity index (χ1) is 6.32. The Hall–Kier alpha value is -0.330. The van der Waals surface area contributed by atoms with Gasteiger partial charge in [-0.25, -0.2) is 0 Å². The normalized spacial score (nSPS) is 29.7. The van der Waals surface area contributed by atoms with E-state index in [2.05, 4.69) is 34.6 Å². The van der Waals surface area contributed by atoms with E-state index < -0.39 is 0 Å². The summed E-state index contributed by atoms with van der Waals surface area (Å²) in [5, 5.41) is 0. The molecular formula is C13H24O. The molecule has 0 heterocycles. The highest BCUT2D eigenvalue weighted by Crippen LogP contribution is 2.43. The molecule has 2 unspecified atom stereocenters. The van der Waals surface area contributed by atoms with Crippen LogP contribution in [0.15, 0.2) is 0 Å². The molecule has 0 aliphatic heterocycles. The number of carbonyl (C=O) groups is 1. The average Bonchev–Trinajstić information content (AvgIpc) is 2.01. The minimum Gasteiger partial charge on any atom is -0.300 e. The summed E-state index contributed by atoms with van der Waals surface area (Å²) >= 11 is 0. The maximum Gasteiger partial charge on any atom is 0.133 e. The van der Waals surface area contributed by atoms with Crippen LogP contribution < -0.4 is 0 Å². The number of hydrogen-bond acceptors (Lipinski definition) is 1. The van der Waals surface area contributed by atoms with Crippen molar-refractivity contribution in [3.05, 3.63) is 0 Å². The van der Waals surface area contributed by atoms with Crippen molar-refractivity contribution in [2.24, 2.45) is 23.2 Å². The summed E-state index contributed by atoms with van der Waals surface area (Å²) in [6, 6.07) is 0. The second-order valence-electron chi connectivity index (χ2n) is 6.16. The van der Waals surface area contributed by atoms with Crippen LogP contribution in [0.4, 0.5) is 0 Å². The second-order valence-corrected chi connectivity index (χ2v) is 6.16. The third kappa shape index (κ3) is 2.59. The predicted molar refractivity (Wildman–Crippen MR) is 60.1 cm³/mol. The fourth-order valence-corrected chi connectivity index (χ4v) is 2.77. The van der Waals surface area contributed by atoms with Crippen LogP contribution in [0.25, 0.3) is 0 Å². The molecule has 0 amide bonds. The van der Waals surface area contributed by atoms with Crippen LogP contribution in [0.1, 0.15) is 53.9 Å². The summed E-state index contributed by atoms with van der Waals surface area (Å²) in [6.07, 6.45) is 2.74. The molecule has 0 saturated heterocycles. The Labute approximate surface area is 88.3 Å². The quantitative estimate of drug-likeness (QED) is 0.625. The van der Waals surface area contributed by atoms with Gasteiger partial charge in [0.05, 0.1) is 0 Å². The SMILES string of the molecule is CC(C)C1CCC(=O)CC1C(C)(C)C. The standard InChI is InChI=1S/C13H24O/c1-9(2)11-7-6-10(14)8-12(11)13(3,4)5/h9,11-12H,6-8H2,1-5H3. The van der Waals surface area contributed by atoms with Crippen LogP contribution in [-0.2, 0) is 4.79 Å². The van der Waals surface area contributed by atoms with Crippen molar-refractivity contribution in [1.29, 1.82) is 0 Å². The Morgan fingerprint density at radius 1 is 1.29 bits per heavy atom. The summed E-state index contributed by atoms with van der Waals surface area (Å²) < 4.78 is 0. The Kier molecular flexibility index (Phi) is 3.39. The zero-order valence-corrected chi connectivity index (χ0v) is 10.3. The molecule has 1 nitrogen and oxygen atoms in total. The molecule has 0 N–H and O–H groups in total. The summed E-state index contributed by atoms with van der Waals surface area (Å²) in [5.41, 5.74) is 0.283. The average molecular weight is 196 g/mol. The van der Waals surface area contributed by atoms with Gasteiger partial charge in [-0.05, 0) is 29.6 Å². The first-order valence-corrected chi connectivity index (χ1v) is 5.84. The molecule has 1 heteroatoms. The number of carbonyl (C=O) groups excluding carboxylic acids is 1. The Morgan fingerprint density at radius 3 is 2.29 bits per heavy atom. The molecule has 0 bridgehead atoms. The van der Waals surface area contributed by atoms with E-state index in [4.69, 9.17) is 0 Å². The van der Waals surface area contributed by atoms with Gasteiger partial charge in [0, 0.05) is 12.8 Å². The van der Waals surface area contributed by atoms with Gasteiger partial charge < -0.3 is 0 Å². The summed E-state index contributed by atoms with van der Waals surface area (Å²) in [4.78, 5) is 11.5. The largest absolute Gasteiger partial charge is 0.300 e. The predicted octanol–water partition coefficient (Wildman–Crippen LogP) is 3.67. The van der Waals surface area contributed by atoms with E-state index in [9.17, 15) is 4.79 Å². The van der Waals surface area contributed by atoms with Crippen LogP contribution >= 0.6 is 0 Å². The maximum absolute atomic E-state index is 11.5. The molecule has 0 aromatic carbocycles. The molecule has 14 heavy (non-hydrogen) atoms. The number of rotatable bonds is 1. The van der Waals surface area contributed by atoms with Gasteiger partial charge in [0.15, 0.2) is 0 Å². The minimum atomic E-state index is 0.283. The Bertz CT molecular complexity index is 210.